The van der Waals surface area contributed by atoms with Crippen molar-refractivity contribution in [1.82, 2.24) is 0 Å². The molecule has 0 bridgehead atoms. The number of carbonyl (C=O) groups is 1. The van der Waals surface area contributed by atoms with Crippen LogP contribution < -0.4 is 0 Å². The van der Waals surface area contributed by atoms with Gasteiger partial charge < -0.3 is 9.90 Å². The van der Waals surface area contributed by atoms with Crippen molar-refractivity contribution < 1.29 is 9.90 Å². The molecule has 0 amide bonds. The number of hydrogen-bond acceptors (Lipinski definition) is 2. The van der Waals surface area contributed by atoms with E-state index in [9.17, 15) is 9.90 Å². The van der Waals surface area contributed by atoms with Crippen molar-refractivity contribution in [2.75, 3.05) is 6.61 Å². The van der Waals surface area contributed by atoms with E-state index >= 15 is 0 Å². The maximum Gasteiger partial charge on any atom is 0.129 e. The number of aldehydes is 1. The Hall–Kier alpha value is -2.19. The first kappa shape index (κ1) is 11.9. The van der Waals surface area contributed by atoms with Crippen molar-refractivity contribution in [2.45, 2.75) is 5.92 Å². The summed E-state index contributed by atoms with van der Waals surface area (Å²) in [6.07, 6.45) is 0.828. The van der Waals surface area contributed by atoms with Crippen LogP contribution in [-0.2, 0) is 4.79 Å². The van der Waals surface area contributed by atoms with Crippen LogP contribution in [0, 0.1) is 0 Å². The van der Waals surface area contributed by atoms with E-state index in [-0.39, 0.29) is 6.61 Å². The van der Waals surface area contributed by atoms with Crippen molar-refractivity contribution in [1.29, 1.82) is 0 Å². The zero-order valence-electron chi connectivity index (χ0n) is 10.4. The molecule has 2 nitrogen and oxygen atoms in total. The van der Waals surface area contributed by atoms with E-state index in [1.165, 1.54) is 0 Å². The maximum atomic E-state index is 11.3. The van der Waals surface area contributed by atoms with Crippen LogP contribution in [0.25, 0.3) is 21.5 Å². The molecule has 19 heavy (non-hydrogen) atoms. The van der Waals surface area contributed by atoms with E-state index < -0.39 is 5.92 Å². The molecule has 0 saturated heterocycles. The van der Waals surface area contributed by atoms with E-state index in [1.807, 2.05) is 48.5 Å². The van der Waals surface area contributed by atoms with Gasteiger partial charge in [0.05, 0.1) is 12.5 Å². The number of aliphatic hydroxyl groups is 1. The van der Waals surface area contributed by atoms with Gasteiger partial charge in [-0.3, -0.25) is 0 Å². The van der Waals surface area contributed by atoms with Crippen molar-refractivity contribution in [3.8, 4) is 0 Å². The Morgan fingerprint density at radius 2 is 1.47 bits per heavy atom. The maximum absolute atomic E-state index is 11.3. The number of benzene rings is 3. The molecule has 3 aromatic rings. The average Bonchev–Trinajstić information content (AvgIpc) is 2.47. The van der Waals surface area contributed by atoms with Gasteiger partial charge in [-0.2, -0.15) is 0 Å². The van der Waals surface area contributed by atoms with Gasteiger partial charge >= 0.3 is 0 Å². The van der Waals surface area contributed by atoms with E-state index in [2.05, 4.69) is 6.07 Å². The van der Waals surface area contributed by atoms with Gasteiger partial charge in [0, 0.05) is 0 Å². The summed E-state index contributed by atoms with van der Waals surface area (Å²) >= 11 is 0. The molecule has 1 unspecified atom stereocenters. The smallest absolute Gasteiger partial charge is 0.129 e. The molecule has 0 radical (unpaired) electrons. The highest BCUT2D eigenvalue weighted by molar-refractivity contribution is 6.04. The minimum absolute atomic E-state index is 0.165. The molecular formula is C17H14O2. The van der Waals surface area contributed by atoms with Crippen LogP contribution in [0.2, 0.25) is 0 Å². The molecule has 3 aromatic carbocycles. The normalized spacial score (nSPS) is 12.7. The molecule has 0 heterocycles. The highest BCUT2D eigenvalue weighted by atomic mass is 16.3. The fourth-order valence-corrected chi connectivity index (χ4v) is 2.65. The second-order valence-corrected chi connectivity index (χ2v) is 4.66. The van der Waals surface area contributed by atoms with Gasteiger partial charge in [0.15, 0.2) is 0 Å². The highest BCUT2D eigenvalue weighted by Gasteiger charge is 2.16. The number of hydrogen-bond donors (Lipinski definition) is 1. The summed E-state index contributed by atoms with van der Waals surface area (Å²) in [5.74, 6) is -0.476. The summed E-state index contributed by atoms with van der Waals surface area (Å²) in [7, 11) is 0. The van der Waals surface area contributed by atoms with Gasteiger partial charge in [-0.15, -0.1) is 0 Å². The predicted molar refractivity (Wildman–Crippen MR) is 77.3 cm³/mol. The third-order valence-corrected chi connectivity index (χ3v) is 3.54. The Morgan fingerprint density at radius 3 is 1.95 bits per heavy atom. The van der Waals surface area contributed by atoms with Gasteiger partial charge in [0.25, 0.3) is 0 Å². The lowest BCUT2D eigenvalue weighted by molar-refractivity contribution is -0.109. The van der Waals surface area contributed by atoms with Gasteiger partial charge in [-0.05, 0) is 33.2 Å². The zero-order valence-corrected chi connectivity index (χ0v) is 10.4. The molecule has 1 N–H and O–H groups in total. The second-order valence-electron chi connectivity index (χ2n) is 4.66. The predicted octanol–water partition coefficient (Wildman–Crippen LogP) is 3.27. The van der Waals surface area contributed by atoms with E-state index in [0.717, 1.165) is 33.4 Å². The Kier molecular flexibility index (Phi) is 3.02. The molecule has 0 aliphatic heterocycles. The Balaban J connectivity index is 2.49. The van der Waals surface area contributed by atoms with Gasteiger partial charge in [-0.1, -0.05) is 48.5 Å². The molecule has 0 aliphatic rings. The first-order valence-electron chi connectivity index (χ1n) is 6.31. The summed E-state index contributed by atoms with van der Waals surface area (Å²) in [5, 5.41) is 13.7. The lowest BCUT2D eigenvalue weighted by Gasteiger charge is -2.15. The molecule has 94 valence electrons. The monoisotopic (exact) mass is 250 g/mol. The quantitative estimate of drug-likeness (QED) is 0.572. The number of fused-ring (bicyclic) bond motifs is 2. The van der Waals surface area contributed by atoms with Crippen LogP contribution >= 0.6 is 0 Å². The highest BCUT2D eigenvalue weighted by Crippen LogP contribution is 2.32. The van der Waals surface area contributed by atoms with Crippen LogP contribution in [0.15, 0.2) is 54.6 Å². The summed E-state index contributed by atoms with van der Waals surface area (Å²) < 4.78 is 0. The summed E-state index contributed by atoms with van der Waals surface area (Å²) in [4.78, 5) is 11.3. The fraction of sp³-hybridized carbons (Fsp3) is 0.118. The molecule has 0 aromatic heterocycles. The standard InChI is InChI=1S/C17H14O2/c18-10-14(11-19)17-15-7-3-1-5-12(15)9-13-6-2-4-8-16(13)17/h1-10,14,19H,11H2. The van der Waals surface area contributed by atoms with Gasteiger partial charge in [0.2, 0.25) is 0 Å². The third kappa shape index (κ3) is 1.90. The van der Waals surface area contributed by atoms with Crippen LogP contribution in [0.3, 0.4) is 0 Å². The fourth-order valence-electron chi connectivity index (χ4n) is 2.65. The topological polar surface area (TPSA) is 37.3 Å². The lowest BCUT2D eigenvalue weighted by Crippen LogP contribution is -2.06. The SMILES string of the molecule is O=CC(CO)c1c2ccccc2cc2ccccc12. The number of aliphatic hydroxyl groups excluding tert-OH is 1. The second kappa shape index (κ2) is 4.82. The molecule has 0 fully saturated rings. The van der Waals surface area contributed by atoms with E-state index in [4.69, 9.17) is 0 Å². The largest absolute Gasteiger partial charge is 0.395 e. The third-order valence-electron chi connectivity index (χ3n) is 3.54. The van der Waals surface area contributed by atoms with Gasteiger partial charge in [0.1, 0.15) is 6.29 Å². The van der Waals surface area contributed by atoms with Crippen LogP contribution in [0.1, 0.15) is 11.5 Å². The Bertz CT molecular complexity index is 692. The van der Waals surface area contributed by atoms with Crippen molar-refractivity contribution >= 4 is 27.8 Å². The first-order chi connectivity index (χ1) is 9.35. The molecule has 3 rings (SSSR count). The summed E-state index contributed by atoms with van der Waals surface area (Å²) in [5.41, 5.74) is 0.922. The molecule has 0 spiro atoms. The number of carbonyl (C=O) groups excluding carboxylic acids is 1. The van der Waals surface area contributed by atoms with Crippen LogP contribution in [0.5, 0.6) is 0 Å². The molecule has 2 heteroatoms. The number of rotatable bonds is 3. The zero-order chi connectivity index (χ0) is 13.2. The van der Waals surface area contributed by atoms with Crippen molar-refractivity contribution in [2.24, 2.45) is 0 Å². The van der Waals surface area contributed by atoms with E-state index in [1.54, 1.807) is 0 Å². The van der Waals surface area contributed by atoms with Crippen molar-refractivity contribution in [3.05, 3.63) is 60.2 Å². The lowest BCUT2D eigenvalue weighted by atomic mass is 9.89. The molecule has 0 saturated carbocycles. The van der Waals surface area contributed by atoms with Crippen LogP contribution in [-0.4, -0.2) is 18.0 Å². The average molecular weight is 250 g/mol. The minimum Gasteiger partial charge on any atom is -0.395 e. The Morgan fingerprint density at radius 1 is 0.947 bits per heavy atom. The summed E-state index contributed by atoms with van der Waals surface area (Å²) in [6.45, 7) is -0.165. The van der Waals surface area contributed by atoms with E-state index in [0.29, 0.717) is 0 Å². The van der Waals surface area contributed by atoms with Crippen LogP contribution in [0.4, 0.5) is 0 Å². The Labute approximate surface area is 111 Å². The summed E-state index contributed by atoms with van der Waals surface area (Å²) in [6, 6.07) is 18.1. The molecular weight excluding hydrogens is 236 g/mol. The molecule has 0 aliphatic carbocycles. The minimum atomic E-state index is -0.476. The molecule has 1 atom stereocenters. The van der Waals surface area contributed by atoms with Gasteiger partial charge in [-0.25, -0.2) is 0 Å². The first-order valence-corrected chi connectivity index (χ1v) is 6.31. The van der Waals surface area contributed by atoms with Crippen molar-refractivity contribution in [3.63, 3.8) is 0 Å².